The van der Waals surface area contributed by atoms with Gasteiger partial charge in [-0.15, -0.1) is 10.2 Å². The lowest BCUT2D eigenvalue weighted by molar-refractivity contribution is -0.132. The number of hydrogen-bond donors (Lipinski definition) is 1. The second-order valence-corrected chi connectivity index (χ2v) is 11.6. The molecule has 0 spiro atoms. The second kappa shape index (κ2) is 12.7. The van der Waals surface area contributed by atoms with Crippen LogP contribution in [0, 0.1) is 12.7 Å². The molecule has 1 aromatic heterocycles. The quantitative estimate of drug-likeness (QED) is 0.0701. The molecular formula is C31H28FN3O5S2. The molecule has 216 valence electrons. The largest absolute Gasteiger partial charge is 0.507 e. The Morgan fingerprint density at radius 2 is 1.67 bits per heavy atom. The summed E-state index contributed by atoms with van der Waals surface area (Å²) in [6, 6.07) is 17.4. The summed E-state index contributed by atoms with van der Waals surface area (Å²) < 4.78 is 25.4. The van der Waals surface area contributed by atoms with Crippen molar-refractivity contribution in [3.8, 4) is 11.5 Å². The maximum Gasteiger partial charge on any atom is 0.301 e. The van der Waals surface area contributed by atoms with Crippen molar-refractivity contribution in [2.24, 2.45) is 0 Å². The zero-order chi connectivity index (χ0) is 29.8. The van der Waals surface area contributed by atoms with E-state index in [4.69, 9.17) is 9.47 Å². The molecule has 2 heterocycles. The number of aromatic nitrogens is 2. The van der Waals surface area contributed by atoms with Crippen LogP contribution < -0.4 is 14.4 Å². The number of ketones is 1. The Balaban J connectivity index is 1.57. The molecule has 0 bridgehead atoms. The first kappa shape index (κ1) is 29.3. The van der Waals surface area contributed by atoms with Crippen LogP contribution in [0.3, 0.4) is 0 Å². The van der Waals surface area contributed by atoms with Gasteiger partial charge in [-0.25, -0.2) is 4.39 Å². The van der Waals surface area contributed by atoms with Crippen LogP contribution in [0.15, 0.2) is 76.6 Å². The smallest absolute Gasteiger partial charge is 0.301 e. The number of nitrogens with zero attached hydrogens (tertiary/aromatic N) is 3. The van der Waals surface area contributed by atoms with Gasteiger partial charge in [0.1, 0.15) is 11.6 Å². The Labute approximate surface area is 250 Å². The number of aliphatic hydroxyl groups excluding tert-OH is 1. The number of aryl methyl sites for hydroxylation is 1. The monoisotopic (exact) mass is 605 g/mol. The zero-order valence-corrected chi connectivity index (χ0v) is 24.8. The number of aliphatic hydroxyl groups is 1. The third-order valence-corrected chi connectivity index (χ3v) is 8.66. The summed E-state index contributed by atoms with van der Waals surface area (Å²) in [5, 5.41) is 20.1. The van der Waals surface area contributed by atoms with Crippen LogP contribution in [0.2, 0.25) is 0 Å². The van der Waals surface area contributed by atoms with E-state index >= 15 is 0 Å². The average Bonchev–Trinajstić information content (AvgIpc) is 3.56. The fourth-order valence-corrected chi connectivity index (χ4v) is 6.36. The van der Waals surface area contributed by atoms with Crippen LogP contribution in [0.25, 0.3) is 5.76 Å². The third kappa shape index (κ3) is 6.02. The molecule has 5 rings (SSSR count). The van der Waals surface area contributed by atoms with E-state index in [2.05, 4.69) is 10.2 Å². The summed E-state index contributed by atoms with van der Waals surface area (Å²) in [7, 11) is 0. The summed E-state index contributed by atoms with van der Waals surface area (Å²) in [5.41, 5.74) is 2.76. The fourth-order valence-electron chi connectivity index (χ4n) is 4.53. The molecule has 4 aromatic rings. The Morgan fingerprint density at radius 1 is 0.976 bits per heavy atom. The summed E-state index contributed by atoms with van der Waals surface area (Å²) in [4.78, 5) is 28.4. The number of ether oxygens (including phenoxy) is 2. The lowest BCUT2D eigenvalue weighted by atomic mass is 9.95. The van der Waals surface area contributed by atoms with Crippen LogP contribution in [0.4, 0.5) is 9.52 Å². The lowest BCUT2D eigenvalue weighted by Gasteiger charge is -2.23. The van der Waals surface area contributed by atoms with E-state index in [1.807, 2.05) is 32.9 Å². The molecule has 1 aliphatic rings. The van der Waals surface area contributed by atoms with Crippen molar-refractivity contribution in [2.45, 2.75) is 36.9 Å². The Hall–Kier alpha value is -4.22. The first-order valence-electron chi connectivity index (χ1n) is 13.3. The molecule has 42 heavy (non-hydrogen) atoms. The zero-order valence-electron chi connectivity index (χ0n) is 23.2. The summed E-state index contributed by atoms with van der Waals surface area (Å²) in [5.74, 6) is -0.777. The van der Waals surface area contributed by atoms with Gasteiger partial charge in [0.25, 0.3) is 5.78 Å². The molecule has 0 aliphatic carbocycles. The number of amides is 1. The molecule has 0 saturated carbocycles. The number of carbonyl (C=O) groups is 2. The molecule has 1 fully saturated rings. The van der Waals surface area contributed by atoms with Crippen molar-refractivity contribution >= 4 is 45.7 Å². The molecule has 1 aliphatic heterocycles. The number of carbonyl (C=O) groups excluding carboxylic acids is 2. The summed E-state index contributed by atoms with van der Waals surface area (Å²) >= 11 is 2.53. The maximum absolute atomic E-state index is 13.6. The van der Waals surface area contributed by atoms with Crippen molar-refractivity contribution in [1.82, 2.24) is 10.2 Å². The normalized spacial score (nSPS) is 16.2. The molecule has 1 atom stereocenters. The number of rotatable bonds is 10. The number of hydrogen-bond acceptors (Lipinski definition) is 9. The predicted octanol–water partition coefficient (Wildman–Crippen LogP) is 6.70. The highest BCUT2D eigenvalue weighted by molar-refractivity contribution is 8.00. The highest BCUT2D eigenvalue weighted by Gasteiger charge is 2.48. The topological polar surface area (TPSA) is 102 Å². The standard InChI is InChI=1S/C31H28FN3O5S2/c1-4-39-23-15-12-21(16-24(23)40-5-2)26-25(27(36)20-10-6-18(3)7-11-20)28(37)29(38)35(26)30-33-34-31(42-30)41-17-19-8-13-22(32)14-9-19/h6-16,26,36H,4-5,17H2,1-3H3/b27-25+. The Bertz CT molecular complexity index is 1640. The summed E-state index contributed by atoms with van der Waals surface area (Å²) in [6.07, 6.45) is 0. The molecule has 8 nitrogen and oxygen atoms in total. The number of Topliss-reactive ketones (excluding diaryl/α,β-unsaturated/α-hetero) is 1. The summed E-state index contributed by atoms with van der Waals surface area (Å²) in [6.45, 7) is 6.42. The maximum atomic E-state index is 13.6. The molecule has 3 aromatic carbocycles. The minimum absolute atomic E-state index is 0.0637. The van der Waals surface area contributed by atoms with Gasteiger partial charge in [-0.2, -0.15) is 0 Å². The van der Waals surface area contributed by atoms with Crippen molar-refractivity contribution in [3.05, 3.63) is 100 Å². The highest BCUT2D eigenvalue weighted by atomic mass is 32.2. The van der Waals surface area contributed by atoms with Gasteiger partial charge in [0.05, 0.1) is 24.8 Å². The van der Waals surface area contributed by atoms with Gasteiger partial charge in [0.15, 0.2) is 15.8 Å². The first-order valence-corrected chi connectivity index (χ1v) is 15.1. The van der Waals surface area contributed by atoms with Crippen LogP contribution in [-0.4, -0.2) is 40.2 Å². The molecular weight excluding hydrogens is 577 g/mol. The van der Waals surface area contributed by atoms with Gasteiger partial charge in [0.2, 0.25) is 5.13 Å². The van der Waals surface area contributed by atoms with Gasteiger partial charge in [-0.3, -0.25) is 14.5 Å². The molecule has 1 saturated heterocycles. The van der Waals surface area contributed by atoms with Gasteiger partial charge >= 0.3 is 5.91 Å². The van der Waals surface area contributed by atoms with E-state index in [-0.39, 0.29) is 22.3 Å². The first-order chi connectivity index (χ1) is 20.3. The van der Waals surface area contributed by atoms with E-state index < -0.39 is 17.7 Å². The van der Waals surface area contributed by atoms with Crippen LogP contribution in [-0.2, 0) is 15.3 Å². The molecule has 1 amide bonds. The van der Waals surface area contributed by atoms with Gasteiger partial charge in [-0.1, -0.05) is 71.1 Å². The van der Waals surface area contributed by atoms with Gasteiger partial charge in [0, 0.05) is 11.3 Å². The van der Waals surface area contributed by atoms with E-state index in [9.17, 15) is 19.1 Å². The van der Waals surface area contributed by atoms with Gasteiger partial charge in [-0.05, 0) is 56.2 Å². The van der Waals surface area contributed by atoms with E-state index in [0.717, 1.165) is 22.5 Å². The SMILES string of the molecule is CCOc1ccc(C2/C(=C(\O)c3ccc(C)cc3)C(=O)C(=O)N2c2nnc(SCc3ccc(F)cc3)s2)cc1OCC. The van der Waals surface area contributed by atoms with Crippen LogP contribution >= 0.6 is 23.1 Å². The van der Waals surface area contributed by atoms with E-state index in [1.54, 1.807) is 42.5 Å². The average molecular weight is 606 g/mol. The minimum Gasteiger partial charge on any atom is -0.507 e. The van der Waals surface area contributed by atoms with E-state index in [0.29, 0.717) is 45.9 Å². The molecule has 0 radical (unpaired) electrons. The molecule has 1 unspecified atom stereocenters. The minimum atomic E-state index is -0.996. The Kier molecular flexibility index (Phi) is 8.89. The second-order valence-electron chi connectivity index (χ2n) is 9.37. The molecule has 1 N–H and O–H groups in total. The number of anilines is 1. The van der Waals surface area contributed by atoms with Crippen molar-refractivity contribution in [1.29, 1.82) is 0 Å². The number of benzene rings is 3. The van der Waals surface area contributed by atoms with Crippen molar-refractivity contribution < 1.29 is 28.6 Å². The molecule has 11 heteroatoms. The van der Waals surface area contributed by atoms with E-state index in [1.165, 1.54) is 28.8 Å². The van der Waals surface area contributed by atoms with Crippen molar-refractivity contribution in [2.75, 3.05) is 18.1 Å². The highest BCUT2D eigenvalue weighted by Crippen LogP contribution is 2.45. The number of halogens is 1. The van der Waals surface area contributed by atoms with Crippen molar-refractivity contribution in [3.63, 3.8) is 0 Å². The third-order valence-electron chi connectivity index (χ3n) is 6.53. The lowest BCUT2D eigenvalue weighted by Crippen LogP contribution is -2.29. The fraction of sp³-hybridized carbons (Fsp3) is 0.226. The van der Waals surface area contributed by atoms with Crippen LogP contribution in [0.5, 0.6) is 11.5 Å². The Morgan fingerprint density at radius 3 is 2.36 bits per heavy atom. The number of thioether (sulfide) groups is 1. The van der Waals surface area contributed by atoms with Crippen LogP contribution in [0.1, 0.15) is 42.1 Å². The predicted molar refractivity (Wildman–Crippen MR) is 161 cm³/mol. The van der Waals surface area contributed by atoms with Gasteiger partial charge < -0.3 is 14.6 Å².